The van der Waals surface area contributed by atoms with Crippen LogP contribution in [0.25, 0.3) is 20.9 Å². The molecule has 3 aromatic heterocycles. The third kappa shape index (κ3) is 2.77. The van der Waals surface area contributed by atoms with Crippen LogP contribution in [0.1, 0.15) is 27.2 Å². The zero-order valence-electron chi connectivity index (χ0n) is 14.9. The first kappa shape index (κ1) is 17.6. The van der Waals surface area contributed by atoms with Crippen LogP contribution in [0.3, 0.4) is 0 Å². The summed E-state index contributed by atoms with van der Waals surface area (Å²) in [4.78, 5) is 33.1. The van der Waals surface area contributed by atoms with Crippen LogP contribution in [0.2, 0.25) is 5.82 Å². The van der Waals surface area contributed by atoms with Gasteiger partial charge in [-0.1, -0.05) is 36.4 Å². The van der Waals surface area contributed by atoms with Crippen LogP contribution in [0.15, 0.2) is 52.6 Å². The van der Waals surface area contributed by atoms with E-state index in [0.717, 1.165) is 16.0 Å². The van der Waals surface area contributed by atoms with Gasteiger partial charge in [0.15, 0.2) is 11.6 Å². The van der Waals surface area contributed by atoms with Gasteiger partial charge in [0.25, 0.3) is 5.56 Å². The van der Waals surface area contributed by atoms with E-state index in [1.807, 2.05) is 47.8 Å². The van der Waals surface area contributed by atoms with Crippen LogP contribution in [0, 0.1) is 0 Å². The van der Waals surface area contributed by atoms with Gasteiger partial charge in [-0.3, -0.25) is 14.2 Å². The van der Waals surface area contributed by atoms with Crippen molar-refractivity contribution in [3.8, 4) is 10.7 Å². The smallest absolute Gasteiger partial charge is 0.263 e. The topological polar surface area (TPSA) is 52.0 Å². The molecule has 2 radical (unpaired) electrons. The molecule has 0 amide bonds. The van der Waals surface area contributed by atoms with Gasteiger partial charge in [-0.25, -0.2) is 4.98 Å². The molecular weight excluding hydrogens is 387 g/mol. The number of nitrogens with zero attached hydrogens (tertiary/aromatic N) is 2. The van der Waals surface area contributed by atoms with Crippen molar-refractivity contribution in [2.75, 3.05) is 0 Å². The highest BCUT2D eigenvalue weighted by atomic mass is 32.1. The molecule has 1 atom stereocenters. The summed E-state index contributed by atoms with van der Waals surface area (Å²) in [7, 11) is 5.95. The number of aromatic nitrogens is 2. The minimum atomic E-state index is -0.483. The Morgan fingerprint density at radius 3 is 2.71 bits per heavy atom. The number of fused-ring (bicyclic) bond motifs is 3. The highest BCUT2D eigenvalue weighted by molar-refractivity contribution is 7.20. The maximum atomic E-state index is 13.6. The van der Waals surface area contributed by atoms with Crippen molar-refractivity contribution in [1.82, 2.24) is 9.55 Å². The first-order valence-electron chi connectivity index (χ1n) is 9.07. The van der Waals surface area contributed by atoms with E-state index in [0.29, 0.717) is 40.3 Å². The molecule has 0 fully saturated rings. The SMILES string of the molecule is [B]C1CCc2c(sc3nc(-c4cccs4)n(Cc4ccccc4)c(=O)c23)C1=O. The average Bonchev–Trinajstić information content (AvgIpc) is 3.36. The third-order valence-corrected chi connectivity index (χ3v) is 7.11. The minimum absolute atomic E-state index is 0.0732. The zero-order chi connectivity index (χ0) is 19.3. The number of carbonyl (C=O) groups excluding carboxylic acids is 1. The summed E-state index contributed by atoms with van der Waals surface area (Å²) in [5, 5.41) is 2.55. The van der Waals surface area contributed by atoms with E-state index in [-0.39, 0.29) is 11.3 Å². The van der Waals surface area contributed by atoms with Crippen molar-refractivity contribution < 1.29 is 4.79 Å². The quantitative estimate of drug-likeness (QED) is 0.480. The minimum Gasteiger partial charge on any atom is -0.294 e. The zero-order valence-corrected chi connectivity index (χ0v) is 16.6. The predicted octanol–water partition coefficient (Wildman–Crippen LogP) is 4.32. The van der Waals surface area contributed by atoms with Crippen LogP contribution in [0.5, 0.6) is 0 Å². The fourth-order valence-corrected chi connectivity index (χ4v) is 5.62. The number of hydrogen-bond acceptors (Lipinski definition) is 5. The Hall–Kier alpha value is -2.51. The van der Waals surface area contributed by atoms with Crippen molar-refractivity contribution in [2.45, 2.75) is 25.2 Å². The Kier molecular flexibility index (Phi) is 4.29. The lowest BCUT2D eigenvalue weighted by Gasteiger charge is -2.17. The number of rotatable bonds is 3. The first-order chi connectivity index (χ1) is 13.6. The van der Waals surface area contributed by atoms with Crippen molar-refractivity contribution in [3.63, 3.8) is 0 Å². The molecule has 1 aliphatic rings. The van der Waals surface area contributed by atoms with Gasteiger partial charge in [0, 0.05) is 0 Å². The molecule has 28 heavy (non-hydrogen) atoms. The summed E-state index contributed by atoms with van der Waals surface area (Å²) in [6.07, 6.45) is 1.21. The monoisotopic (exact) mass is 402 g/mol. The standard InChI is InChI=1S/C21H15BN2O2S2/c22-14-9-8-13-16-20(28-18(13)17(14)25)23-19(15-7-4-10-27-15)24(21(16)26)11-12-5-2-1-3-6-12/h1-7,10,14H,8-9,11H2. The molecule has 0 saturated heterocycles. The largest absolute Gasteiger partial charge is 0.294 e. The molecule has 1 unspecified atom stereocenters. The van der Waals surface area contributed by atoms with Gasteiger partial charge in [0.05, 0.1) is 29.5 Å². The molecule has 1 aliphatic carbocycles. The molecule has 0 bridgehead atoms. The molecule has 3 heterocycles. The van der Waals surface area contributed by atoms with Gasteiger partial charge in [-0.05, 0) is 41.2 Å². The number of aryl methyl sites for hydroxylation is 1. The molecule has 0 aliphatic heterocycles. The van der Waals surface area contributed by atoms with E-state index in [9.17, 15) is 9.59 Å². The molecular formula is C21H15BN2O2S2. The number of benzene rings is 1. The fourth-order valence-electron chi connectivity index (χ4n) is 3.68. The highest BCUT2D eigenvalue weighted by Gasteiger charge is 2.30. The lowest BCUT2D eigenvalue weighted by molar-refractivity contribution is 0.0978. The Balaban J connectivity index is 1.79. The normalized spacial score (nSPS) is 16.4. The van der Waals surface area contributed by atoms with Crippen LogP contribution in [0.4, 0.5) is 0 Å². The second-order valence-electron chi connectivity index (χ2n) is 6.89. The summed E-state index contributed by atoms with van der Waals surface area (Å²) in [5.74, 6) is 0.0894. The van der Waals surface area contributed by atoms with Gasteiger partial charge in [0.2, 0.25) is 0 Å². The summed E-state index contributed by atoms with van der Waals surface area (Å²) in [6, 6.07) is 13.8. The third-order valence-electron chi connectivity index (χ3n) is 5.10. The molecule has 5 rings (SSSR count). The second kappa shape index (κ2) is 6.83. The molecule has 4 nitrogen and oxygen atoms in total. The van der Waals surface area contributed by atoms with E-state index < -0.39 is 5.82 Å². The molecule has 136 valence electrons. The van der Waals surface area contributed by atoms with Crippen molar-refractivity contribution in [3.05, 3.63) is 74.2 Å². The van der Waals surface area contributed by atoms with Gasteiger partial charge in [-0.2, -0.15) is 0 Å². The van der Waals surface area contributed by atoms with Gasteiger partial charge in [-0.15, -0.1) is 22.7 Å². The first-order valence-corrected chi connectivity index (χ1v) is 10.8. The Morgan fingerprint density at radius 1 is 1.14 bits per heavy atom. The average molecular weight is 402 g/mol. The van der Waals surface area contributed by atoms with Crippen LogP contribution < -0.4 is 5.56 Å². The Morgan fingerprint density at radius 2 is 1.96 bits per heavy atom. The van der Waals surface area contributed by atoms with Crippen molar-refractivity contribution in [1.29, 1.82) is 0 Å². The predicted molar refractivity (Wildman–Crippen MR) is 115 cm³/mol. The van der Waals surface area contributed by atoms with Crippen molar-refractivity contribution in [2.24, 2.45) is 0 Å². The van der Waals surface area contributed by atoms with E-state index >= 15 is 0 Å². The molecule has 0 N–H and O–H groups in total. The number of Topliss-reactive ketones (excluding diaryl/α,β-unsaturated/α-hetero) is 1. The van der Waals surface area contributed by atoms with E-state index in [4.69, 9.17) is 12.8 Å². The summed E-state index contributed by atoms with van der Waals surface area (Å²) >= 11 is 2.85. The highest BCUT2D eigenvalue weighted by Crippen LogP contribution is 2.38. The van der Waals surface area contributed by atoms with Gasteiger partial charge in [0.1, 0.15) is 4.83 Å². The van der Waals surface area contributed by atoms with E-state index in [1.54, 1.807) is 15.9 Å². The number of ketones is 1. The van der Waals surface area contributed by atoms with E-state index in [2.05, 4.69) is 0 Å². The number of carbonyl (C=O) groups is 1. The van der Waals surface area contributed by atoms with Crippen LogP contribution >= 0.6 is 22.7 Å². The molecule has 1 aromatic carbocycles. The molecule has 0 spiro atoms. The molecule has 7 heteroatoms. The lowest BCUT2D eigenvalue weighted by atomic mass is 9.74. The van der Waals surface area contributed by atoms with Crippen molar-refractivity contribution >= 4 is 46.5 Å². The van der Waals surface area contributed by atoms with E-state index in [1.165, 1.54) is 11.3 Å². The summed E-state index contributed by atoms with van der Waals surface area (Å²) in [6.45, 7) is 0.438. The lowest BCUT2D eigenvalue weighted by Crippen LogP contribution is -2.25. The molecule has 0 saturated carbocycles. The summed E-state index contributed by atoms with van der Waals surface area (Å²) < 4.78 is 1.73. The van der Waals surface area contributed by atoms with Gasteiger partial charge >= 0.3 is 0 Å². The number of hydrogen-bond donors (Lipinski definition) is 0. The Labute approximate surface area is 170 Å². The summed E-state index contributed by atoms with van der Waals surface area (Å²) in [5.41, 5.74) is 1.77. The Bertz CT molecular complexity index is 1240. The molecule has 4 aromatic rings. The maximum Gasteiger partial charge on any atom is 0.263 e. The fraction of sp³-hybridized carbons (Fsp3) is 0.190. The second-order valence-corrected chi connectivity index (χ2v) is 8.84. The number of thiophene rings is 2. The van der Waals surface area contributed by atoms with Crippen LogP contribution in [-0.2, 0) is 13.0 Å². The van der Waals surface area contributed by atoms with Gasteiger partial charge < -0.3 is 0 Å². The maximum absolute atomic E-state index is 13.6. The van der Waals surface area contributed by atoms with Crippen LogP contribution in [-0.4, -0.2) is 23.2 Å².